The van der Waals surface area contributed by atoms with Crippen LogP contribution in [0.5, 0.6) is 5.75 Å². The van der Waals surface area contributed by atoms with Gasteiger partial charge in [0.15, 0.2) is 6.61 Å². The van der Waals surface area contributed by atoms with Crippen LogP contribution in [0, 0.1) is 0 Å². The molecule has 1 aliphatic rings. The quantitative estimate of drug-likeness (QED) is 0.575. The monoisotopic (exact) mass is 415 g/mol. The van der Waals surface area contributed by atoms with Gasteiger partial charge in [-0.25, -0.2) is 14.8 Å². The summed E-state index contributed by atoms with van der Waals surface area (Å²) in [5.74, 6) is -0.328. The van der Waals surface area contributed by atoms with Crippen LogP contribution in [0.1, 0.15) is 34.1 Å². The molecule has 1 atom stereocenters. The molecule has 0 N–H and O–H groups in total. The van der Waals surface area contributed by atoms with Crippen LogP contribution in [-0.4, -0.2) is 41.3 Å². The summed E-state index contributed by atoms with van der Waals surface area (Å²) in [6.45, 7) is -0.423. The summed E-state index contributed by atoms with van der Waals surface area (Å²) in [6, 6.07) is 21.8. The van der Waals surface area contributed by atoms with Crippen LogP contribution in [0.4, 0.5) is 0 Å². The first-order valence-corrected chi connectivity index (χ1v) is 9.83. The van der Waals surface area contributed by atoms with E-state index in [0.717, 1.165) is 22.6 Å². The summed E-state index contributed by atoms with van der Waals surface area (Å²) in [7, 11) is 1.60. The zero-order valence-corrected chi connectivity index (χ0v) is 17.0. The molecular weight excluding hydrogens is 394 g/mol. The van der Waals surface area contributed by atoms with Crippen molar-refractivity contribution in [1.29, 1.82) is 0 Å². The van der Waals surface area contributed by atoms with Crippen molar-refractivity contribution >= 4 is 17.6 Å². The number of benzene rings is 2. The molecule has 0 unspecified atom stereocenters. The zero-order chi connectivity index (χ0) is 21.6. The highest BCUT2D eigenvalue weighted by atomic mass is 16.5. The number of carbonyl (C=O) groups is 2. The molecule has 7 nitrogen and oxygen atoms in total. The highest BCUT2D eigenvalue weighted by molar-refractivity contribution is 6.03. The number of nitrogens with zero attached hydrogens (tertiary/aromatic N) is 3. The molecule has 3 aromatic rings. The molecule has 0 aliphatic carbocycles. The van der Waals surface area contributed by atoms with Crippen molar-refractivity contribution in [2.75, 3.05) is 13.7 Å². The molecule has 31 heavy (non-hydrogen) atoms. The molecule has 0 radical (unpaired) electrons. The molecule has 0 saturated heterocycles. The maximum Gasteiger partial charge on any atom is 0.357 e. The lowest BCUT2D eigenvalue weighted by Crippen LogP contribution is -2.31. The van der Waals surface area contributed by atoms with Crippen LogP contribution < -0.4 is 4.74 Å². The smallest absolute Gasteiger partial charge is 0.357 e. The lowest BCUT2D eigenvalue weighted by molar-refractivity contribution is -0.136. The van der Waals surface area contributed by atoms with E-state index in [1.165, 1.54) is 17.3 Å². The molecule has 0 bridgehead atoms. The number of hydrazone groups is 1. The van der Waals surface area contributed by atoms with Gasteiger partial charge >= 0.3 is 5.97 Å². The average molecular weight is 415 g/mol. The SMILES string of the molecule is COc1ccc([C@@H]2CC(c3ccccc3)=NN2C(=O)COC(=O)c2ccccn2)cc1. The van der Waals surface area contributed by atoms with E-state index in [1.54, 1.807) is 19.2 Å². The van der Waals surface area contributed by atoms with E-state index in [-0.39, 0.29) is 11.7 Å². The van der Waals surface area contributed by atoms with Crippen molar-refractivity contribution in [2.45, 2.75) is 12.5 Å². The first-order chi connectivity index (χ1) is 15.2. The number of esters is 1. The number of aromatic nitrogens is 1. The first-order valence-electron chi connectivity index (χ1n) is 9.83. The standard InChI is InChI=1S/C24H21N3O4/c1-30-19-12-10-18(11-13-19)22-15-21(17-7-3-2-4-8-17)26-27(22)23(28)16-31-24(29)20-9-5-6-14-25-20/h2-14,22H,15-16H2,1H3/t22-/m0/s1. The van der Waals surface area contributed by atoms with E-state index in [2.05, 4.69) is 10.1 Å². The normalized spacial score (nSPS) is 15.3. The van der Waals surface area contributed by atoms with Crippen LogP contribution >= 0.6 is 0 Å². The van der Waals surface area contributed by atoms with Gasteiger partial charge in [0.25, 0.3) is 5.91 Å². The van der Waals surface area contributed by atoms with Gasteiger partial charge in [0, 0.05) is 12.6 Å². The molecule has 2 heterocycles. The topological polar surface area (TPSA) is 81.1 Å². The number of pyridine rings is 1. The Morgan fingerprint density at radius 2 is 1.74 bits per heavy atom. The molecule has 156 valence electrons. The molecule has 1 amide bonds. The number of hydrogen-bond acceptors (Lipinski definition) is 6. The van der Waals surface area contributed by atoms with Gasteiger partial charge in [-0.2, -0.15) is 5.10 Å². The Bertz CT molecular complexity index is 1080. The average Bonchev–Trinajstić information content (AvgIpc) is 3.29. The van der Waals surface area contributed by atoms with Gasteiger partial charge in [-0.1, -0.05) is 48.5 Å². The third-order valence-electron chi connectivity index (χ3n) is 4.97. The lowest BCUT2D eigenvalue weighted by atomic mass is 9.98. The lowest BCUT2D eigenvalue weighted by Gasteiger charge is -2.22. The van der Waals surface area contributed by atoms with Crippen LogP contribution in [0.3, 0.4) is 0 Å². The predicted octanol–water partition coefficient (Wildman–Crippen LogP) is 3.62. The van der Waals surface area contributed by atoms with Gasteiger partial charge in [0.05, 0.1) is 18.9 Å². The van der Waals surface area contributed by atoms with Gasteiger partial charge in [-0.3, -0.25) is 4.79 Å². The van der Waals surface area contributed by atoms with E-state index >= 15 is 0 Å². The van der Waals surface area contributed by atoms with E-state index in [1.807, 2.05) is 54.6 Å². The minimum atomic E-state index is -0.651. The largest absolute Gasteiger partial charge is 0.497 e. The summed E-state index contributed by atoms with van der Waals surface area (Å²) >= 11 is 0. The third kappa shape index (κ3) is 4.61. The fourth-order valence-corrected chi connectivity index (χ4v) is 3.38. The minimum absolute atomic E-state index is 0.150. The van der Waals surface area contributed by atoms with Crippen molar-refractivity contribution in [2.24, 2.45) is 5.10 Å². The van der Waals surface area contributed by atoms with E-state index < -0.39 is 18.5 Å². The molecule has 0 saturated carbocycles. The Morgan fingerprint density at radius 1 is 1.00 bits per heavy atom. The van der Waals surface area contributed by atoms with Crippen molar-refractivity contribution < 1.29 is 19.1 Å². The minimum Gasteiger partial charge on any atom is -0.497 e. The van der Waals surface area contributed by atoms with E-state index in [4.69, 9.17) is 9.47 Å². The van der Waals surface area contributed by atoms with Gasteiger partial charge in [-0.05, 0) is 35.4 Å². The van der Waals surface area contributed by atoms with Gasteiger partial charge in [0.2, 0.25) is 0 Å². The Balaban J connectivity index is 1.54. The van der Waals surface area contributed by atoms with Gasteiger partial charge in [0.1, 0.15) is 11.4 Å². The summed E-state index contributed by atoms with van der Waals surface area (Å²) in [5, 5.41) is 5.97. The van der Waals surface area contributed by atoms with E-state index in [0.29, 0.717) is 6.42 Å². The number of methoxy groups -OCH3 is 1. The number of ether oxygens (including phenoxy) is 2. The second kappa shape index (κ2) is 9.21. The number of carbonyl (C=O) groups excluding carboxylic acids is 2. The molecule has 7 heteroatoms. The second-order valence-electron chi connectivity index (χ2n) is 6.94. The maximum atomic E-state index is 13.0. The molecule has 2 aromatic carbocycles. The Labute approximate surface area is 179 Å². The Kier molecular flexibility index (Phi) is 6.03. The van der Waals surface area contributed by atoms with Crippen molar-refractivity contribution in [1.82, 2.24) is 9.99 Å². The third-order valence-corrected chi connectivity index (χ3v) is 4.97. The summed E-state index contributed by atoms with van der Waals surface area (Å²) in [5.41, 5.74) is 2.81. The second-order valence-corrected chi connectivity index (χ2v) is 6.94. The summed E-state index contributed by atoms with van der Waals surface area (Å²) in [4.78, 5) is 29.1. The Hall–Kier alpha value is -4.00. The molecule has 0 fully saturated rings. The fraction of sp³-hybridized carbons (Fsp3) is 0.167. The van der Waals surface area contributed by atoms with Crippen molar-refractivity contribution in [3.05, 3.63) is 95.8 Å². The Morgan fingerprint density at radius 3 is 2.42 bits per heavy atom. The van der Waals surface area contributed by atoms with Crippen molar-refractivity contribution in [3.63, 3.8) is 0 Å². The van der Waals surface area contributed by atoms with E-state index in [9.17, 15) is 9.59 Å². The molecular formula is C24H21N3O4. The summed E-state index contributed by atoms with van der Waals surface area (Å²) < 4.78 is 10.4. The van der Waals surface area contributed by atoms with Crippen LogP contribution in [0.2, 0.25) is 0 Å². The van der Waals surface area contributed by atoms with Crippen LogP contribution in [0.15, 0.2) is 84.1 Å². The molecule has 0 spiro atoms. The van der Waals surface area contributed by atoms with Gasteiger partial charge < -0.3 is 9.47 Å². The molecule has 1 aromatic heterocycles. The highest BCUT2D eigenvalue weighted by Gasteiger charge is 2.33. The number of amides is 1. The fourth-order valence-electron chi connectivity index (χ4n) is 3.38. The summed E-state index contributed by atoms with van der Waals surface area (Å²) in [6.07, 6.45) is 2.05. The first kappa shape index (κ1) is 20.3. The molecule has 4 rings (SSSR count). The number of rotatable bonds is 6. The zero-order valence-electron chi connectivity index (χ0n) is 17.0. The number of hydrogen-bond donors (Lipinski definition) is 0. The van der Waals surface area contributed by atoms with Crippen LogP contribution in [0.25, 0.3) is 0 Å². The van der Waals surface area contributed by atoms with Crippen molar-refractivity contribution in [3.8, 4) is 5.75 Å². The highest BCUT2D eigenvalue weighted by Crippen LogP contribution is 2.33. The maximum absolute atomic E-state index is 13.0. The predicted molar refractivity (Wildman–Crippen MR) is 115 cm³/mol. The van der Waals surface area contributed by atoms with Gasteiger partial charge in [-0.15, -0.1) is 0 Å². The van der Waals surface area contributed by atoms with Crippen LogP contribution in [-0.2, 0) is 9.53 Å². The molecule has 1 aliphatic heterocycles.